The van der Waals surface area contributed by atoms with Gasteiger partial charge in [0.05, 0.1) is 18.7 Å². The summed E-state index contributed by atoms with van der Waals surface area (Å²) in [5, 5.41) is 9.26. The topological polar surface area (TPSA) is 48.9 Å². The number of thiophene rings is 1. The van der Waals surface area contributed by atoms with Gasteiger partial charge in [0.15, 0.2) is 5.96 Å². The molecule has 2 aromatic rings. The van der Waals surface area contributed by atoms with Crippen LogP contribution in [0.2, 0.25) is 0 Å². The van der Waals surface area contributed by atoms with E-state index in [1.165, 1.54) is 42.8 Å². The number of guanidine groups is 1. The molecule has 3 heterocycles. The molecule has 0 amide bonds. The van der Waals surface area contributed by atoms with Crippen LogP contribution in [0.3, 0.4) is 0 Å². The van der Waals surface area contributed by atoms with Gasteiger partial charge >= 0.3 is 0 Å². The Balaban J connectivity index is 0.00000289. The van der Waals surface area contributed by atoms with E-state index in [4.69, 9.17) is 9.73 Å². The second-order valence-electron chi connectivity index (χ2n) is 8.48. The van der Waals surface area contributed by atoms with E-state index >= 15 is 0 Å². The summed E-state index contributed by atoms with van der Waals surface area (Å²) in [7, 11) is 0. The maximum atomic E-state index is 6.18. The molecule has 32 heavy (non-hydrogen) atoms. The highest BCUT2D eigenvalue weighted by Gasteiger charge is 2.28. The summed E-state index contributed by atoms with van der Waals surface area (Å²) in [6, 6.07) is 15.4. The van der Waals surface area contributed by atoms with E-state index in [-0.39, 0.29) is 30.1 Å². The Morgan fingerprint density at radius 1 is 1.12 bits per heavy atom. The number of benzene rings is 1. The fourth-order valence-electron chi connectivity index (χ4n) is 4.73. The average molecular weight is 569 g/mol. The van der Waals surface area contributed by atoms with Crippen molar-refractivity contribution in [2.75, 3.05) is 39.3 Å². The van der Waals surface area contributed by atoms with Crippen molar-refractivity contribution in [1.29, 1.82) is 0 Å². The first kappa shape index (κ1) is 25.5. The van der Waals surface area contributed by atoms with Crippen molar-refractivity contribution in [3.63, 3.8) is 0 Å². The molecule has 1 aromatic heterocycles. The number of hydrogen-bond acceptors (Lipinski definition) is 4. The number of aliphatic imine (C=N–C) groups is 1. The zero-order valence-electron chi connectivity index (χ0n) is 19.0. The monoisotopic (exact) mass is 568 g/mol. The van der Waals surface area contributed by atoms with Gasteiger partial charge in [0.2, 0.25) is 0 Å². The summed E-state index contributed by atoms with van der Waals surface area (Å²) in [5.41, 5.74) is 1.28. The molecule has 2 saturated heterocycles. The zero-order valence-corrected chi connectivity index (χ0v) is 22.2. The van der Waals surface area contributed by atoms with E-state index < -0.39 is 0 Å². The van der Waals surface area contributed by atoms with E-state index in [0.29, 0.717) is 12.0 Å². The first-order valence-electron chi connectivity index (χ1n) is 11.8. The molecule has 0 spiro atoms. The number of hydrogen-bond donors (Lipinski definition) is 2. The molecule has 0 radical (unpaired) electrons. The summed E-state index contributed by atoms with van der Waals surface area (Å²) in [4.78, 5) is 9.03. The van der Waals surface area contributed by atoms with E-state index in [1.807, 2.05) is 11.3 Å². The van der Waals surface area contributed by atoms with E-state index in [2.05, 4.69) is 70.3 Å². The highest BCUT2D eigenvalue weighted by molar-refractivity contribution is 14.0. The van der Waals surface area contributed by atoms with Gasteiger partial charge in [0.1, 0.15) is 0 Å². The maximum absolute atomic E-state index is 6.18. The van der Waals surface area contributed by atoms with Gasteiger partial charge in [0, 0.05) is 30.5 Å². The van der Waals surface area contributed by atoms with Crippen molar-refractivity contribution < 1.29 is 4.74 Å². The quantitative estimate of drug-likeness (QED) is 0.260. The minimum Gasteiger partial charge on any atom is -0.373 e. The van der Waals surface area contributed by atoms with E-state index in [9.17, 15) is 0 Å². The molecule has 3 atom stereocenters. The van der Waals surface area contributed by atoms with Gasteiger partial charge in [0.25, 0.3) is 0 Å². The largest absolute Gasteiger partial charge is 0.373 e. The maximum Gasteiger partial charge on any atom is 0.191 e. The predicted octanol–water partition coefficient (Wildman–Crippen LogP) is 5.23. The first-order valence-corrected chi connectivity index (χ1v) is 12.7. The summed E-state index contributed by atoms with van der Waals surface area (Å²) < 4.78 is 6.18. The molecular formula is C25H37IN4OS. The first-order chi connectivity index (χ1) is 15.3. The molecule has 0 saturated carbocycles. The lowest BCUT2D eigenvalue weighted by atomic mass is 9.89. The van der Waals surface area contributed by atoms with Crippen molar-refractivity contribution in [1.82, 2.24) is 15.5 Å². The van der Waals surface area contributed by atoms with Crippen LogP contribution in [-0.4, -0.2) is 50.2 Å². The molecule has 7 heteroatoms. The summed E-state index contributed by atoms with van der Waals surface area (Å²) >= 11 is 1.85. The molecule has 2 fully saturated rings. The van der Waals surface area contributed by atoms with Crippen LogP contribution >= 0.6 is 35.3 Å². The Hall–Kier alpha value is -1.16. The summed E-state index contributed by atoms with van der Waals surface area (Å²) in [6.07, 6.45) is 5.06. The van der Waals surface area contributed by atoms with E-state index in [0.717, 1.165) is 38.6 Å². The number of likely N-dealkylation sites (tertiary alicyclic amines) is 1. The van der Waals surface area contributed by atoms with E-state index in [1.54, 1.807) is 0 Å². The van der Waals surface area contributed by atoms with Gasteiger partial charge in [-0.15, -0.1) is 35.3 Å². The Labute approximate surface area is 214 Å². The minimum atomic E-state index is 0. The number of ether oxygens (including phenoxy) is 1. The lowest BCUT2D eigenvalue weighted by Gasteiger charge is -2.32. The molecule has 0 aliphatic carbocycles. The molecule has 2 aliphatic heterocycles. The minimum absolute atomic E-state index is 0. The second-order valence-corrected chi connectivity index (χ2v) is 9.46. The van der Waals surface area contributed by atoms with Gasteiger partial charge in [-0.1, -0.05) is 36.4 Å². The SMILES string of the molecule is CCNC(=NCC(c1cccs1)N1CCCC1)NCC1CCCOC1c1ccccc1.I. The highest BCUT2D eigenvalue weighted by Crippen LogP contribution is 2.33. The van der Waals surface area contributed by atoms with Crippen LogP contribution in [0.5, 0.6) is 0 Å². The average Bonchev–Trinajstić information content (AvgIpc) is 3.54. The Bertz CT molecular complexity index is 796. The normalized spacial score (nSPS) is 22.8. The number of halogens is 1. The second kappa shape index (κ2) is 13.5. The molecule has 176 valence electrons. The smallest absolute Gasteiger partial charge is 0.191 e. The van der Waals surface area contributed by atoms with Crippen LogP contribution in [0.4, 0.5) is 0 Å². The highest BCUT2D eigenvalue weighted by atomic mass is 127. The van der Waals surface area contributed by atoms with Crippen LogP contribution in [0.1, 0.15) is 55.2 Å². The van der Waals surface area contributed by atoms with Gasteiger partial charge in [-0.3, -0.25) is 9.89 Å². The number of rotatable bonds is 8. The molecule has 3 unspecified atom stereocenters. The number of nitrogens with one attached hydrogen (secondary N) is 2. The van der Waals surface area contributed by atoms with Crippen LogP contribution in [-0.2, 0) is 4.74 Å². The third kappa shape index (κ3) is 6.92. The van der Waals surface area contributed by atoms with Gasteiger partial charge in [-0.05, 0) is 62.7 Å². The molecule has 2 aliphatic rings. The molecule has 4 rings (SSSR count). The van der Waals surface area contributed by atoms with Crippen LogP contribution in [0.15, 0.2) is 52.8 Å². The Morgan fingerprint density at radius 3 is 2.66 bits per heavy atom. The third-order valence-electron chi connectivity index (χ3n) is 6.32. The lowest BCUT2D eigenvalue weighted by molar-refractivity contribution is -0.0265. The standard InChI is InChI=1S/C25H36N4OS.HI/c1-2-26-25(28-19-22(23-13-9-17-31-23)29-14-6-7-15-29)27-18-21-12-8-16-30-24(21)20-10-4-3-5-11-20;/h3-5,9-11,13,17,21-22,24H,2,6-8,12,14-16,18-19H2,1H3,(H2,26,27,28);1H. The van der Waals surface area contributed by atoms with Gasteiger partial charge < -0.3 is 15.4 Å². The van der Waals surface area contributed by atoms with Gasteiger partial charge in [-0.2, -0.15) is 0 Å². The molecule has 0 bridgehead atoms. The fraction of sp³-hybridized carbons (Fsp3) is 0.560. The van der Waals surface area contributed by atoms with Crippen molar-refractivity contribution in [3.8, 4) is 0 Å². The van der Waals surface area contributed by atoms with Crippen LogP contribution in [0, 0.1) is 5.92 Å². The van der Waals surface area contributed by atoms with Crippen molar-refractivity contribution in [2.24, 2.45) is 10.9 Å². The Morgan fingerprint density at radius 2 is 1.94 bits per heavy atom. The number of nitrogens with zero attached hydrogens (tertiary/aromatic N) is 2. The van der Waals surface area contributed by atoms with Crippen molar-refractivity contribution in [3.05, 3.63) is 58.3 Å². The predicted molar refractivity (Wildman–Crippen MR) is 145 cm³/mol. The Kier molecular flexibility index (Phi) is 10.8. The molecular weight excluding hydrogens is 531 g/mol. The third-order valence-corrected chi connectivity index (χ3v) is 7.30. The van der Waals surface area contributed by atoms with Crippen molar-refractivity contribution >= 4 is 41.3 Å². The van der Waals surface area contributed by atoms with Crippen LogP contribution in [0.25, 0.3) is 0 Å². The summed E-state index contributed by atoms with van der Waals surface area (Å²) in [5.74, 6) is 1.37. The van der Waals surface area contributed by atoms with Crippen LogP contribution < -0.4 is 10.6 Å². The molecule has 1 aromatic carbocycles. The molecule has 5 nitrogen and oxygen atoms in total. The van der Waals surface area contributed by atoms with Gasteiger partial charge in [-0.25, -0.2) is 0 Å². The summed E-state index contributed by atoms with van der Waals surface area (Å²) in [6.45, 7) is 7.87. The van der Waals surface area contributed by atoms with Crippen molar-refractivity contribution in [2.45, 2.75) is 44.8 Å². The zero-order chi connectivity index (χ0) is 21.3. The lowest BCUT2D eigenvalue weighted by Crippen LogP contribution is -2.42. The fourth-order valence-corrected chi connectivity index (χ4v) is 5.58. The molecule has 2 N–H and O–H groups in total.